The van der Waals surface area contributed by atoms with Gasteiger partial charge in [0, 0.05) is 17.1 Å². The highest BCUT2D eigenvalue weighted by atomic mass is 16.5. The van der Waals surface area contributed by atoms with Crippen LogP contribution in [0.15, 0.2) is 72.8 Å². The zero-order valence-electron chi connectivity index (χ0n) is 15.7. The van der Waals surface area contributed by atoms with E-state index in [1.165, 1.54) is 11.1 Å². The molecule has 0 amide bonds. The third-order valence-electron chi connectivity index (χ3n) is 4.33. The molecule has 4 heteroatoms. The van der Waals surface area contributed by atoms with Gasteiger partial charge in [-0.2, -0.15) is 0 Å². The second kappa shape index (κ2) is 8.71. The van der Waals surface area contributed by atoms with Crippen molar-refractivity contribution < 1.29 is 14.9 Å². The van der Waals surface area contributed by atoms with Crippen LogP contribution in [0.3, 0.4) is 0 Å². The number of benzene rings is 3. The van der Waals surface area contributed by atoms with Crippen LogP contribution in [0.25, 0.3) is 0 Å². The van der Waals surface area contributed by atoms with Crippen molar-refractivity contribution in [2.45, 2.75) is 20.0 Å². The average molecular weight is 363 g/mol. The molecule has 1 unspecified atom stereocenters. The quantitative estimate of drug-likeness (QED) is 0.649. The van der Waals surface area contributed by atoms with Gasteiger partial charge < -0.3 is 19.8 Å². The lowest BCUT2D eigenvalue weighted by Gasteiger charge is -2.26. The van der Waals surface area contributed by atoms with Gasteiger partial charge >= 0.3 is 0 Å². The zero-order valence-corrected chi connectivity index (χ0v) is 15.7. The lowest BCUT2D eigenvalue weighted by atomic mass is 10.1. The van der Waals surface area contributed by atoms with Crippen LogP contribution < -0.4 is 9.64 Å². The van der Waals surface area contributed by atoms with Crippen LogP contribution in [0.2, 0.25) is 0 Å². The van der Waals surface area contributed by atoms with Crippen molar-refractivity contribution >= 4 is 17.1 Å². The predicted molar refractivity (Wildman–Crippen MR) is 109 cm³/mol. The lowest BCUT2D eigenvalue weighted by molar-refractivity contribution is 0.0536. The molecule has 0 saturated carbocycles. The molecule has 0 aliphatic heterocycles. The fraction of sp³-hybridized carbons (Fsp3) is 0.217. The second-order valence-electron chi connectivity index (χ2n) is 6.65. The summed E-state index contributed by atoms with van der Waals surface area (Å²) in [7, 11) is 0. The number of hydrogen-bond donors (Lipinski definition) is 2. The first-order chi connectivity index (χ1) is 13.1. The summed E-state index contributed by atoms with van der Waals surface area (Å²) in [5.41, 5.74) is 5.60. The predicted octanol–water partition coefficient (Wildman–Crippen LogP) is 4.51. The van der Waals surface area contributed by atoms with Crippen LogP contribution in [0.1, 0.15) is 11.1 Å². The van der Waals surface area contributed by atoms with Gasteiger partial charge in [0.25, 0.3) is 0 Å². The van der Waals surface area contributed by atoms with Crippen molar-refractivity contribution in [1.29, 1.82) is 0 Å². The maximum Gasteiger partial charge on any atom is 0.119 e. The summed E-state index contributed by atoms with van der Waals surface area (Å²) >= 11 is 0. The van der Waals surface area contributed by atoms with E-state index in [-0.39, 0.29) is 13.2 Å². The van der Waals surface area contributed by atoms with Gasteiger partial charge in [-0.1, -0.05) is 35.4 Å². The SMILES string of the molecule is Cc1ccc(N(c2ccc(C)cc2)c2ccc(OCC(O)CO)cc2)cc1. The Hall–Kier alpha value is -2.82. The minimum absolute atomic E-state index is 0.0650. The van der Waals surface area contributed by atoms with E-state index >= 15 is 0 Å². The van der Waals surface area contributed by atoms with Gasteiger partial charge in [0.1, 0.15) is 18.5 Å². The van der Waals surface area contributed by atoms with Crippen LogP contribution in [0, 0.1) is 13.8 Å². The molecule has 0 aromatic heterocycles. The molecule has 3 rings (SSSR count). The molecule has 0 radical (unpaired) electrons. The Kier molecular flexibility index (Phi) is 6.12. The Morgan fingerprint density at radius 1 is 0.741 bits per heavy atom. The number of hydrogen-bond acceptors (Lipinski definition) is 4. The van der Waals surface area contributed by atoms with E-state index in [1.807, 2.05) is 24.3 Å². The molecule has 0 aliphatic carbocycles. The van der Waals surface area contributed by atoms with Gasteiger partial charge in [-0.05, 0) is 62.4 Å². The van der Waals surface area contributed by atoms with Crippen molar-refractivity contribution in [3.63, 3.8) is 0 Å². The van der Waals surface area contributed by atoms with Gasteiger partial charge in [0.15, 0.2) is 0 Å². The zero-order chi connectivity index (χ0) is 19.2. The molecular weight excluding hydrogens is 338 g/mol. The number of rotatable bonds is 7. The van der Waals surface area contributed by atoms with Crippen molar-refractivity contribution in [3.8, 4) is 5.75 Å². The first-order valence-electron chi connectivity index (χ1n) is 9.02. The first-order valence-corrected chi connectivity index (χ1v) is 9.02. The highest BCUT2D eigenvalue weighted by molar-refractivity contribution is 5.76. The third-order valence-corrected chi connectivity index (χ3v) is 4.33. The summed E-state index contributed by atoms with van der Waals surface area (Å²) in [4.78, 5) is 2.19. The number of aliphatic hydroxyl groups is 2. The average Bonchev–Trinajstić information content (AvgIpc) is 2.70. The van der Waals surface area contributed by atoms with Gasteiger partial charge in [0.05, 0.1) is 6.61 Å². The molecule has 4 nitrogen and oxygen atoms in total. The largest absolute Gasteiger partial charge is 0.491 e. The highest BCUT2D eigenvalue weighted by Crippen LogP contribution is 2.35. The Balaban J connectivity index is 1.90. The van der Waals surface area contributed by atoms with Crippen molar-refractivity contribution in [3.05, 3.63) is 83.9 Å². The summed E-state index contributed by atoms with van der Waals surface area (Å²) in [5.74, 6) is 0.652. The van der Waals surface area contributed by atoms with Crippen LogP contribution >= 0.6 is 0 Å². The molecular formula is C23H25NO3. The molecule has 0 saturated heterocycles. The molecule has 0 spiro atoms. The molecule has 1 atom stereocenters. The van der Waals surface area contributed by atoms with Crippen molar-refractivity contribution in [2.75, 3.05) is 18.1 Å². The number of ether oxygens (including phenoxy) is 1. The molecule has 0 aliphatic rings. The highest BCUT2D eigenvalue weighted by Gasteiger charge is 2.12. The Labute approximate surface area is 160 Å². The van der Waals surface area contributed by atoms with E-state index in [9.17, 15) is 5.11 Å². The van der Waals surface area contributed by atoms with E-state index in [0.717, 1.165) is 17.1 Å². The van der Waals surface area contributed by atoms with E-state index in [4.69, 9.17) is 9.84 Å². The summed E-state index contributed by atoms with van der Waals surface area (Å²) in [6, 6.07) is 24.6. The number of anilines is 3. The van der Waals surface area contributed by atoms with Crippen molar-refractivity contribution in [2.24, 2.45) is 0 Å². The minimum atomic E-state index is -0.874. The topological polar surface area (TPSA) is 52.9 Å². The molecule has 0 bridgehead atoms. The van der Waals surface area contributed by atoms with E-state index in [0.29, 0.717) is 5.75 Å². The molecule has 3 aromatic carbocycles. The van der Waals surface area contributed by atoms with Gasteiger partial charge in [0.2, 0.25) is 0 Å². The van der Waals surface area contributed by atoms with Crippen LogP contribution in [0.5, 0.6) is 5.75 Å². The Morgan fingerprint density at radius 3 is 1.56 bits per heavy atom. The fourth-order valence-corrected chi connectivity index (χ4v) is 2.77. The lowest BCUT2D eigenvalue weighted by Crippen LogP contribution is -2.21. The summed E-state index contributed by atoms with van der Waals surface area (Å²) < 4.78 is 5.51. The minimum Gasteiger partial charge on any atom is -0.491 e. The summed E-state index contributed by atoms with van der Waals surface area (Å²) in [6.45, 7) is 3.90. The van der Waals surface area contributed by atoms with Crippen LogP contribution in [-0.2, 0) is 0 Å². The van der Waals surface area contributed by atoms with Crippen molar-refractivity contribution in [1.82, 2.24) is 0 Å². The molecule has 3 aromatic rings. The van der Waals surface area contributed by atoms with Gasteiger partial charge in [-0.25, -0.2) is 0 Å². The number of nitrogens with zero attached hydrogens (tertiary/aromatic N) is 1. The Bertz CT molecular complexity index is 797. The van der Waals surface area contributed by atoms with Gasteiger partial charge in [-0.15, -0.1) is 0 Å². The summed E-state index contributed by atoms with van der Waals surface area (Å²) in [5, 5.41) is 18.3. The fourth-order valence-electron chi connectivity index (χ4n) is 2.77. The summed E-state index contributed by atoms with van der Waals surface area (Å²) in [6.07, 6.45) is -0.874. The molecule has 0 fully saturated rings. The maximum atomic E-state index is 9.42. The molecule has 2 N–H and O–H groups in total. The molecule has 140 valence electrons. The molecule has 0 heterocycles. The van der Waals surface area contributed by atoms with Gasteiger partial charge in [-0.3, -0.25) is 0 Å². The number of aliphatic hydroxyl groups excluding tert-OH is 2. The standard InChI is InChI=1S/C23H25NO3/c1-17-3-7-19(8-4-17)24(20-9-5-18(2)6-10-20)21-11-13-23(14-12-21)27-16-22(26)15-25/h3-14,22,25-26H,15-16H2,1-2H3. The smallest absolute Gasteiger partial charge is 0.119 e. The monoisotopic (exact) mass is 363 g/mol. The Morgan fingerprint density at radius 2 is 1.15 bits per heavy atom. The third kappa shape index (κ3) is 4.88. The van der Waals surface area contributed by atoms with E-state index in [1.54, 1.807) is 0 Å². The van der Waals surface area contributed by atoms with E-state index < -0.39 is 6.10 Å². The normalized spacial score (nSPS) is 11.9. The first kappa shape index (κ1) is 19.0. The van der Waals surface area contributed by atoms with Crippen LogP contribution in [-0.4, -0.2) is 29.5 Å². The second-order valence-corrected chi connectivity index (χ2v) is 6.65. The number of aryl methyl sites for hydroxylation is 2. The maximum absolute atomic E-state index is 9.42. The van der Waals surface area contributed by atoms with E-state index in [2.05, 4.69) is 67.3 Å². The molecule has 27 heavy (non-hydrogen) atoms. The van der Waals surface area contributed by atoms with Crippen LogP contribution in [0.4, 0.5) is 17.1 Å².